The van der Waals surface area contributed by atoms with E-state index in [9.17, 15) is 5.11 Å². The molecule has 0 aromatic rings. The van der Waals surface area contributed by atoms with E-state index in [0.29, 0.717) is 18.2 Å². The van der Waals surface area contributed by atoms with Gasteiger partial charge in [0.2, 0.25) is 0 Å². The third-order valence-electron chi connectivity index (χ3n) is 5.05. The molecule has 0 amide bonds. The fraction of sp³-hybridized carbons (Fsp3) is 1.00. The summed E-state index contributed by atoms with van der Waals surface area (Å²) in [6.45, 7) is 5.88. The maximum Gasteiger partial charge on any atom is 0.0707 e. The molecule has 0 radical (unpaired) electrons. The minimum absolute atomic E-state index is 0.0643. The van der Waals surface area contributed by atoms with E-state index in [1.807, 2.05) is 0 Å². The quantitative estimate of drug-likeness (QED) is 0.663. The maximum atomic E-state index is 9.60. The van der Waals surface area contributed by atoms with Crippen LogP contribution in [-0.2, 0) is 4.74 Å². The lowest BCUT2D eigenvalue weighted by Crippen LogP contribution is -2.47. The second-order valence-corrected chi connectivity index (χ2v) is 7.31. The fourth-order valence-electron chi connectivity index (χ4n) is 3.65. The van der Waals surface area contributed by atoms with Crippen molar-refractivity contribution in [3.05, 3.63) is 0 Å². The highest BCUT2D eigenvalue weighted by molar-refractivity contribution is 4.92. The van der Waals surface area contributed by atoms with Gasteiger partial charge in [-0.2, -0.15) is 0 Å². The smallest absolute Gasteiger partial charge is 0.0707 e. The van der Waals surface area contributed by atoms with Crippen LogP contribution in [0.3, 0.4) is 0 Å². The zero-order valence-electron chi connectivity index (χ0n) is 12.8. The van der Waals surface area contributed by atoms with E-state index in [0.717, 1.165) is 19.5 Å². The van der Waals surface area contributed by atoms with E-state index in [2.05, 4.69) is 17.1 Å². The molecule has 3 aliphatic rings. The summed E-state index contributed by atoms with van der Waals surface area (Å²) in [6, 6.07) is 0.669. The SMILES string of the molecule is CC(CO)(CCCCN1CC2CCC(C1)O2)NC1CC1. The molecule has 2 bridgehead atoms. The molecule has 4 nitrogen and oxygen atoms in total. The topological polar surface area (TPSA) is 44.7 Å². The predicted octanol–water partition coefficient (Wildman–Crippen LogP) is 1.52. The second-order valence-electron chi connectivity index (χ2n) is 7.31. The standard InChI is InChI=1S/C16H30N2O2/c1-16(12-19,17-13-4-5-13)8-2-3-9-18-10-14-6-7-15(11-18)20-14/h13-15,17,19H,2-12H2,1H3. The number of fused-ring (bicyclic) bond motifs is 2. The molecule has 20 heavy (non-hydrogen) atoms. The van der Waals surface area contributed by atoms with Gasteiger partial charge < -0.3 is 15.2 Å². The van der Waals surface area contributed by atoms with Crippen molar-refractivity contribution in [3.63, 3.8) is 0 Å². The van der Waals surface area contributed by atoms with Gasteiger partial charge in [0.1, 0.15) is 0 Å². The lowest BCUT2D eigenvalue weighted by atomic mass is 9.95. The van der Waals surface area contributed by atoms with E-state index < -0.39 is 0 Å². The summed E-state index contributed by atoms with van der Waals surface area (Å²) in [4.78, 5) is 2.58. The van der Waals surface area contributed by atoms with Crippen molar-refractivity contribution in [3.8, 4) is 0 Å². The van der Waals surface area contributed by atoms with Gasteiger partial charge in [-0.1, -0.05) is 6.42 Å². The Morgan fingerprint density at radius 3 is 2.45 bits per heavy atom. The van der Waals surface area contributed by atoms with Gasteiger partial charge in [0.05, 0.1) is 18.8 Å². The number of rotatable bonds is 8. The van der Waals surface area contributed by atoms with Crippen molar-refractivity contribution in [1.29, 1.82) is 0 Å². The summed E-state index contributed by atoms with van der Waals surface area (Å²) in [6.07, 6.45) is 9.62. The van der Waals surface area contributed by atoms with Gasteiger partial charge in [0, 0.05) is 24.7 Å². The fourth-order valence-corrected chi connectivity index (χ4v) is 3.65. The number of hydrogen-bond acceptors (Lipinski definition) is 4. The Morgan fingerprint density at radius 1 is 1.15 bits per heavy atom. The largest absolute Gasteiger partial charge is 0.394 e. The first kappa shape index (κ1) is 14.8. The zero-order valence-corrected chi connectivity index (χ0v) is 12.8. The number of nitrogens with one attached hydrogen (secondary N) is 1. The van der Waals surface area contributed by atoms with Crippen molar-refractivity contribution >= 4 is 0 Å². The average Bonchev–Trinajstić information content (AvgIpc) is 3.19. The number of hydrogen-bond donors (Lipinski definition) is 2. The van der Waals surface area contributed by atoms with Gasteiger partial charge in [0.15, 0.2) is 0 Å². The number of unbranched alkanes of at least 4 members (excludes halogenated alkanes) is 1. The third kappa shape index (κ3) is 3.94. The first-order valence-corrected chi connectivity index (χ1v) is 8.43. The zero-order chi connectivity index (χ0) is 14.0. The molecule has 2 aliphatic heterocycles. The predicted molar refractivity (Wildman–Crippen MR) is 79.8 cm³/mol. The Morgan fingerprint density at radius 2 is 1.85 bits per heavy atom. The number of likely N-dealkylation sites (tertiary alicyclic amines) is 1. The Balaban J connectivity index is 1.33. The lowest BCUT2D eigenvalue weighted by Gasteiger charge is -2.33. The molecule has 1 aliphatic carbocycles. The van der Waals surface area contributed by atoms with Crippen LogP contribution in [0.25, 0.3) is 0 Å². The highest BCUT2D eigenvalue weighted by Crippen LogP contribution is 2.27. The molecular weight excluding hydrogens is 252 g/mol. The molecule has 116 valence electrons. The molecule has 0 aromatic heterocycles. The van der Waals surface area contributed by atoms with E-state index in [1.165, 1.54) is 45.1 Å². The molecule has 0 aromatic carbocycles. The van der Waals surface area contributed by atoms with Crippen molar-refractivity contribution in [2.45, 2.75) is 75.7 Å². The van der Waals surface area contributed by atoms with Gasteiger partial charge >= 0.3 is 0 Å². The average molecular weight is 282 g/mol. The molecule has 3 atom stereocenters. The van der Waals surface area contributed by atoms with E-state index >= 15 is 0 Å². The third-order valence-corrected chi connectivity index (χ3v) is 5.05. The van der Waals surface area contributed by atoms with Crippen LogP contribution >= 0.6 is 0 Å². The molecule has 2 heterocycles. The van der Waals surface area contributed by atoms with Crippen LogP contribution in [0.4, 0.5) is 0 Å². The highest BCUT2D eigenvalue weighted by atomic mass is 16.5. The Labute approximate surface area is 122 Å². The molecule has 2 saturated heterocycles. The highest BCUT2D eigenvalue weighted by Gasteiger charge is 2.34. The van der Waals surface area contributed by atoms with Crippen LogP contribution in [0.5, 0.6) is 0 Å². The van der Waals surface area contributed by atoms with Gasteiger partial charge in [-0.15, -0.1) is 0 Å². The van der Waals surface area contributed by atoms with E-state index in [4.69, 9.17) is 4.74 Å². The lowest BCUT2D eigenvalue weighted by molar-refractivity contribution is -0.0386. The summed E-state index contributed by atoms with van der Waals surface area (Å²) >= 11 is 0. The van der Waals surface area contributed by atoms with Crippen LogP contribution in [0.15, 0.2) is 0 Å². The van der Waals surface area contributed by atoms with E-state index in [1.54, 1.807) is 0 Å². The summed E-state index contributed by atoms with van der Waals surface area (Å²) < 4.78 is 5.87. The first-order valence-electron chi connectivity index (χ1n) is 8.43. The van der Waals surface area contributed by atoms with Crippen LogP contribution in [0.1, 0.15) is 51.9 Å². The molecule has 3 unspecified atom stereocenters. The number of morpholine rings is 1. The second kappa shape index (κ2) is 6.30. The maximum absolute atomic E-state index is 9.60. The van der Waals surface area contributed by atoms with Crippen LogP contribution in [0, 0.1) is 0 Å². The first-order chi connectivity index (χ1) is 9.67. The van der Waals surface area contributed by atoms with Crippen molar-refractivity contribution in [2.24, 2.45) is 0 Å². The monoisotopic (exact) mass is 282 g/mol. The molecule has 3 fully saturated rings. The molecule has 0 spiro atoms. The summed E-state index contributed by atoms with van der Waals surface area (Å²) in [5, 5.41) is 13.2. The Bertz CT molecular complexity index is 310. The van der Waals surface area contributed by atoms with Crippen LogP contribution in [0.2, 0.25) is 0 Å². The number of aliphatic hydroxyl groups is 1. The molecular formula is C16H30N2O2. The van der Waals surface area contributed by atoms with Gasteiger partial charge in [-0.25, -0.2) is 0 Å². The minimum Gasteiger partial charge on any atom is -0.394 e. The van der Waals surface area contributed by atoms with Gasteiger partial charge in [-0.3, -0.25) is 4.90 Å². The molecule has 4 heteroatoms. The molecule has 3 rings (SSSR count). The van der Waals surface area contributed by atoms with Gasteiger partial charge in [-0.05, 0) is 52.0 Å². The summed E-state index contributed by atoms with van der Waals surface area (Å²) in [7, 11) is 0. The number of aliphatic hydroxyl groups excluding tert-OH is 1. The minimum atomic E-state index is -0.0643. The number of ether oxygens (including phenoxy) is 1. The van der Waals surface area contributed by atoms with Crippen LogP contribution < -0.4 is 5.32 Å². The Hall–Kier alpha value is -0.160. The Kier molecular flexibility index (Phi) is 4.65. The van der Waals surface area contributed by atoms with Gasteiger partial charge in [0.25, 0.3) is 0 Å². The number of nitrogens with zero attached hydrogens (tertiary/aromatic N) is 1. The molecule has 2 N–H and O–H groups in total. The van der Waals surface area contributed by atoms with Crippen molar-refractivity contribution in [1.82, 2.24) is 10.2 Å². The summed E-state index contributed by atoms with van der Waals surface area (Å²) in [5.74, 6) is 0. The van der Waals surface area contributed by atoms with E-state index in [-0.39, 0.29) is 12.1 Å². The van der Waals surface area contributed by atoms with Crippen molar-refractivity contribution < 1.29 is 9.84 Å². The normalized spacial score (nSPS) is 33.3. The molecule has 1 saturated carbocycles. The summed E-state index contributed by atoms with van der Waals surface area (Å²) in [5.41, 5.74) is -0.0643. The van der Waals surface area contributed by atoms with Crippen LogP contribution in [-0.4, -0.2) is 60.0 Å². The van der Waals surface area contributed by atoms with Crippen molar-refractivity contribution in [2.75, 3.05) is 26.2 Å².